The van der Waals surface area contributed by atoms with Gasteiger partial charge in [0.05, 0.1) is 22.1 Å². The number of benzene rings is 8. The number of rotatable bonds is 3. The van der Waals surface area contributed by atoms with E-state index in [1.54, 1.807) is 12.4 Å². The van der Waals surface area contributed by atoms with E-state index in [0.717, 1.165) is 21.8 Å². The zero-order valence-electron chi connectivity index (χ0n) is 28.9. The molecule has 10 aromatic rings. The summed E-state index contributed by atoms with van der Waals surface area (Å²) >= 11 is 0. The summed E-state index contributed by atoms with van der Waals surface area (Å²) in [5.41, 5.74) is 15.6. The van der Waals surface area contributed by atoms with Crippen LogP contribution < -0.4 is 0 Å². The van der Waals surface area contributed by atoms with Crippen molar-refractivity contribution >= 4 is 54.4 Å². The van der Waals surface area contributed by atoms with Gasteiger partial charge in [-0.25, -0.2) is 0 Å². The van der Waals surface area contributed by atoms with Gasteiger partial charge in [0.15, 0.2) is 0 Å². The number of hydrogen-bond acceptors (Lipinski definition) is 2. The van der Waals surface area contributed by atoms with Gasteiger partial charge in [0.1, 0.15) is 0 Å². The molecule has 244 valence electrons. The van der Waals surface area contributed by atoms with E-state index in [1.165, 1.54) is 82.8 Å². The Morgan fingerprint density at radius 1 is 0.404 bits per heavy atom. The lowest BCUT2D eigenvalue weighted by atomic mass is 9.81. The summed E-state index contributed by atoms with van der Waals surface area (Å²) < 4.78 is 2.42. The second kappa shape index (κ2) is 10.7. The Bertz CT molecular complexity index is 3000. The monoisotopic (exact) mass is 663 g/mol. The van der Waals surface area contributed by atoms with Crippen molar-refractivity contribution in [2.75, 3.05) is 0 Å². The van der Waals surface area contributed by atoms with Crippen LogP contribution in [0.1, 0.15) is 25.0 Å². The fraction of sp³-hybridized carbons (Fsp3) is 0.0612. The summed E-state index contributed by atoms with van der Waals surface area (Å²) in [7, 11) is 0. The van der Waals surface area contributed by atoms with Gasteiger partial charge in [-0.3, -0.25) is 9.97 Å². The number of hydrogen-bond donors (Lipinski definition) is 0. The Hall–Kier alpha value is -6.58. The van der Waals surface area contributed by atoms with E-state index in [9.17, 15) is 0 Å². The Morgan fingerprint density at radius 2 is 0.885 bits per heavy atom. The number of para-hydroxylation sites is 2. The normalized spacial score (nSPS) is 13.3. The molecule has 0 radical (unpaired) electrons. The highest BCUT2D eigenvalue weighted by Gasteiger charge is 2.36. The van der Waals surface area contributed by atoms with Crippen molar-refractivity contribution in [3.63, 3.8) is 0 Å². The van der Waals surface area contributed by atoms with Gasteiger partial charge in [0.25, 0.3) is 0 Å². The van der Waals surface area contributed by atoms with Crippen molar-refractivity contribution in [3.05, 3.63) is 175 Å². The van der Waals surface area contributed by atoms with Crippen LogP contribution in [-0.2, 0) is 5.41 Å². The quantitative estimate of drug-likeness (QED) is 0.176. The Balaban J connectivity index is 0.962. The number of fused-ring (bicyclic) bond motifs is 12. The summed E-state index contributed by atoms with van der Waals surface area (Å²) in [5.74, 6) is 0. The van der Waals surface area contributed by atoms with Crippen molar-refractivity contribution < 1.29 is 0 Å². The Morgan fingerprint density at radius 3 is 1.56 bits per heavy atom. The van der Waals surface area contributed by atoms with Crippen LogP contribution in [0.5, 0.6) is 0 Å². The van der Waals surface area contributed by atoms with Crippen LogP contribution in [0.25, 0.3) is 93.5 Å². The van der Waals surface area contributed by atoms with E-state index in [2.05, 4.69) is 170 Å². The molecule has 3 nitrogen and oxygen atoms in total. The summed E-state index contributed by atoms with van der Waals surface area (Å²) in [6, 6.07) is 55.8. The Kier molecular flexibility index (Phi) is 6.01. The lowest BCUT2D eigenvalue weighted by Gasteiger charge is -2.23. The van der Waals surface area contributed by atoms with E-state index in [4.69, 9.17) is 9.97 Å². The highest BCUT2D eigenvalue weighted by molar-refractivity contribution is 6.23. The van der Waals surface area contributed by atoms with Crippen molar-refractivity contribution in [1.82, 2.24) is 14.5 Å². The average Bonchev–Trinajstić information content (AvgIpc) is 3.66. The largest absolute Gasteiger partial charge is 0.309 e. The van der Waals surface area contributed by atoms with Crippen LogP contribution in [0.15, 0.2) is 164 Å². The smallest absolute Gasteiger partial charge is 0.0971 e. The van der Waals surface area contributed by atoms with Crippen LogP contribution >= 0.6 is 0 Å². The third-order valence-corrected chi connectivity index (χ3v) is 11.5. The Labute approximate surface area is 301 Å². The molecule has 0 bridgehead atoms. The summed E-state index contributed by atoms with van der Waals surface area (Å²) in [4.78, 5) is 9.51. The maximum atomic E-state index is 4.78. The van der Waals surface area contributed by atoms with E-state index in [0.29, 0.717) is 0 Å². The SMILES string of the molecule is CC1(C)c2cc(-c3ccc(-c4ccc5c6ccccc6c6nccnc6c5c4)cc3)ccc2-c2ccc(-n3c4ccccc4c4ccccc43)cc21. The van der Waals surface area contributed by atoms with Crippen LogP contribution in [-0.4, -0.2) is 14.5 Å². The summed E-state index contributed by atoms with van der Waals surface area (Å²) in [5, 5.41) is 7.25. The first-order valence-electron chi connectivity index (χ1n) is 18.0. The molecule has 8 aromatic carbocycles. The maximum Gasteiger partial charge on any atom is 0.0971 e. The van der Waals surface area contributed by atoms with Gasteiger partial charge >= 0.3 is 0 Å². The summed E-state index contributed by atoms with van der Waals surface area (Å²) in [6.07, 6.45) is 3.57. The topological polar surface area (TPSA) is 30.7 Å². The highest BCUT2D eigenvalue weighted by Crippen LogP contribution is 2.50. The van der Waals surface area contributed by atoms with Gasteiger partial charge in [-0.2, -0.15) is 0 Å². The third kappa shape index (κ3) is 4.08. The molecule has 52 heavy (non-hydrogen) atoms. The lowest BCUT2D eigenvalue weighted by molar-refractivity contribution is 0.660. The van der Waals surface area contributed by atoms with Gasteiger partial charge in [0.2, 0.25) is 0 Å². The molecule has 11 rings (SSSR count). The first-order valence-corrected chi connectivity index (χ1v) is 18.0. The molecule has 3 heteroatoms. The second-order valence-corrected chi connectivity index (χ2v) is 14.6. The van der Waals surface area contributed by atoms with E-state index >= 15 is 0 Å². The van der Waals surface area contributed by atoms with E-state index in [-0.39, 0.29) is 5.41 Å². The van der Waals surface area contributed by atoms with Crippen molar-refractivity contribution in [2.24, 2.45) is 0 Å². The first-order chi connectivity index (χ1) is 25.5. The van der Waals surface area contributed by atoms with Crippen molar-refractivity contribution in [1.29, 1.82) is 0 Å². The molecule has 0 unspecified atom stereocenters. The van der Waals surface area contributed by atoms with Crippen LogP contribution in [0.2, 0.25) is 0 Å². The molecule has 0 amide bonds. The molecule has 0 aliphatic heterocycles. The molecule has 0 saturated carbocycles. The molecule has 2 heterocycles. The average molecular weight is 664 g/mol. The number of aromatic nitrogens is 3. The minimum Gasteiger partial charge on any atom is -0.309 e. The molecule has 0 fully saturated rings. The molecule has 2 aromatic heterocycles. The second-order valence-electron chi connectivity index (χ2n) is 14.6. The molecule has 0 N–H and O–H groups in total. The lowest BCUT2D eigenvalue weighted by Crippen LogP contribution is -2.15. The molecule has 0 spiro atoms. The number of nitrogens with zero attached hydrogens (tertiary/aromatic N) is 3. The molecular formula is C49H33N3. The molecule has 0 atom stereocenters. The standard InChI is InChI=1S/C49H33N3/c1-49(2)43-28-33(20-23-37(43)38-24-21-34(29-44(38)49)52-45-13-7-5-10-39(45)40-11-6-8-14-46(40)52)31-17-15-30(16-18-31)32-19-22-36-35-9-3-4-12-41(35)47-48(42(36)27-32)51-26-25-50-47/h3-29H,1-2H3. The fourth-order valence-electron chi connectivity index (χ4n) is 8.91. The van der Waals surface area contributed by atoms with Crippen molar-refractivity contribution in [3.8, 4) is 39.1 Å². The van der Waals surface area contributed by atoms with Crippen LogP contribution in [0.4, 0.5) is 0 Å². The van der Waals surface area contributed by atoms with Crippen LogP contribution in [0.3, 0.4) is 0 Å². The zero-order chi connectivity index (χ0) is 34.6. The molecule has 1 aliphatic carbocycles. The van der Waals surface area contributed by atoms with Gasteiger partial charge in [-0.15, -0.1) is 0 Å². The first kappa shape index (κ1) is 29.2. The van der Waals surface area contributed by atoms with E-state index in [1.807, 2.05) is 0 Å². The minimum atomic E-state index is -0.143. The van der Waals surface area contributed by atoms with Gasteiger partial charge in [0, 0.05) is 45.0 Å². The summed E-state index contributed by atoms with van der Waals surface area (Å²) in [6.45, 7) is 4.74. The van der Waals surface area contributed by atoms with Gasteiger partial charge in [-0.1, -0.05) is 129 Å². The highest BCUT2D eigenvalue weighted by atomic mass is 15.0. The molecule has 0 saturated heterocycles. The predicted molar refractivity (Wildman–Crippen MR) is 217 cm³/mol. The van der Waals surface area contributed by atoms with E-state index < -0.39 is 0 Å². The maximum absolute atomic E-state index is 4.78. The molecule has 1 aliphatic rings. The third-order valence-electron chi connectivity index (χ3n) is 11.5. The van der Waals surface area contributed by atoms with Gasteiger partial charge < -0.3 is 4.57 Å². The minimum absolute atomic E-state index is 0.143. The predicted octanol–water partition coefficient (Wildman–Crippen LogP) is 12.7. The zero-order valence-corrected chi connectivity index (χ0v) is 28.9. The molecular weight excluding hydrogens is 631 g/mol. The van der Waals surface area contributed by atoms with Gasteiger partial charge in [-0.05, 0) is 91.7 Å². The van der Waals surface area contributed by atoms with Crippen molar-refractivity contribution in [2.45, 2.75) is 19.3 Å². The van der Waals surface area contributed by atoms with Crippen LogP contribution in [0, 0.1) is 0 Å². The fourth-order valence-corrected chi connectivity index (χ4v) is 8.91.